The Morgan fingerprint density at radius 2 is 2.09 bits per heavy atom. The number of aliphatic carboxylic acids is 1. The molecule has 3 N–H and O–H groups in total. The molecule has 0 atom stereocenters. The summed E-state index contributed by atoms with van der Waals surface area (Å²) in [7, 11) is 0. The van der Waals surface area contributed by atoms with E-state index in [2.05, 4.69) is 26.6 Å². The largest absolute Gasteiger partial charge is 0.477 e. The van der Waals surface area contributed by atoms with E-state index in [4.69, 9.17) is 16.7 Å². The molecule has 0 aliphatic heterocycles. The van der Waals surface area contributed by atoms with Crippen LogP contribution in [0.4, 0.5) is 5.69 Å². The van der Waals surface area contributed by atoms with Gasteiger partial charge >= 0.3 is 5.97 Å². The van der Waals surface area contributed by atoms with Crippen molar-refractivity contribution >= 4 is 51.4 Å². The van der Waals surface area contributed by atoms with Crippen LogP contribution >= 0.6 is 27.5 Å². The number of carboxylic acids is 1. The van der Waals surface area contributed by atoms with Gasteiger partial charge < -0.3 is 15.7 Å². The van der Waals surface area contributed by atoms with Crippen molar-refractivity contribution < 1.29 is 19.5 Å². The van der Waals surface area contributed by atoms with E-state index in [1.807, 2.05) is 0 Å². The van der Waals surface area contributed by atoms with Gasteiger partial charge in [-0.3, -0.25) is 9.59 Å². The van der Waals surface area contributed by atoms with E-state index in [0.717, 1.165) is 18.9 Å². The Hall–Kier alpha value is -1.86. The summed E-state index contributed by atoms with van der Waals surface area (Å²) in [5.74, 6) is -1.18. The van der Waals surface area contributed by atoms with E-state index in [1.165, 1.54) is 12.1 Å². The van der Waals surface area contributed by atoms with Gasteiger partial charge in [0.05, 0.1) is 11.3 Å². The molecule has 1 aromatic rings. The number of nitrogens with one attached hydrogen (secondary N) is 2. The zero-order valence-electron chi connectivity index (χ0n) is 11.9. The molecule has 8 heteroatoms. The molecule has 23 heavy (non-hydrogen) atoms. The Morgan fingerprint density at radius 3 is 2.65 bits per heavy atom. The van der Waals surface area contributed by atoms with Gasteiger partial charge in [-0.2, -0.15) is 0 Å². The fourth-order valence-corrected chi connectivity index (χ4v) is 2.81. The van der Waals surface area contributed by atoms with Crippen molar-refractivity contribution in [2.24, 2.45) is 5.92 Å². The number of benzene rings is 1. The molecule has 0 saturated heterocycles. The van der Waals surface area contributed by atoms with Crippen molar-refractivity contribution in [2.45, 2.75) is 12.8 Å². The first-order valence-electron chi connectivity index (χ1n) is 6.85. The molecule has 6 nitrogen and oxygen atoms in total. The van der Waals surface area contributed by atoms with E-state index in [-0.39, 0.29) is 22.9 Å². The molecule has 0 heterocycles. The maximum absolute atomic E-state index is 12.3. The van der Waals surface area contributed by atoms with E-state index in [1.54, 1.807) is 0 Å². The van der Waals surface area contributed by atoms with Crippen molar-refractivity contribution in [3.8, 4) is 0 Å². The molecule has 2 rings (SSSR count). The second-order valence-corrected chi connectivity index (χ2v) is 6.40. The van der Waals surface area contributed by atoms with Gasteiger partial charge in [0.25, 0.3) is 5.91 Å². The third kappa shape index (κ3) is 4.80. The quantitative estimate of drug-likeness (QED) is 0.482. The lowest BCUT2D eigenvalue weighted by atomic mass is 10.1. The van der Waals surface area contributed by atoms with Gasteiger partial charge in [0.15, 0.2) is 0 Å². The Balaban J connectivity index is 2.32. The number of aldehydes is 1. The molecule has 1 aliphatic carbocycles. The molecular formula is C15H14BrClN2O4. The van der Waals surface area contributed by atoms with Crippen LogP contribution in [-0.2, 0) is 9.59 Å². The Kier molecular flexibility index (Phi) is 5.79. The number of hydrogen-bond donors (Lipinski definition) is 3. The van der Waals surface area contributed by atoms with E-state index in [0.29, 0.717) is 28.2 Å². The zero-order valence-corrected chi connectivity index (χ0v) is 14.3. The predicted molar refractivity (Wildman–Crippen MR) is 89.6 cm³/mol. The van der Waals surface area contributed by atoms with Crippen molar-refractivity contribution in [3.05, 3.63) is 39.0 Å². The van der Waals surface area contributed by atoms with Crippen LogP contribution in [0.2, 0.25) is 5.02 Å². The maximum atomic E-state index is 12.3. The van der Waals surface area contributed by atoms with Crippen LogP contribution in [0.15, 0.2) is 28.4 Å². The van der Waals surface area contributed by atoms with E-state index in [9.17, 15) is 14.4 Å². The van der Waals surface area contributed by atoms with Crippen molar-refractivity contribution in [1.82, 2.24) is 5.32 Å². The summed E-state index contributed by atoms with van der Waals surface area (Å²) >= 11 is 9.23. The molecule has 0 radical (unpaired) electrons. The molecule has 1 saturated carbocycles. The highest BCUT2D eigenvalue weighted by atomic mass is 79.9. The van der Waals surface area contributed by atoms with Crippen LogP contribution in [-0.4, -0.2) is 29.8 Å². The number of allylic oxidation sites excluding steroid dienone is 1. The zero-order chi connectivity index (χ0) is 17.0. The molecule has 1 aliphatic rings. The number of rotatable bonds is 7. The number of carbonyl (C=O) groups is 3. The van der Waals surface area contributed by atoms with Crippen molar-refractivity contribution in [1.29, 1.82) is 0 Å². The number of anilines is 1. The molecule has 1 fully saturated rings. The van der Waals surface area contributed by atoms with Gasteiger partial charge in [-0.1, -0.05) is 11.6 Å². The molecule has 0 unspecified atom stereocenters. The standard InChI is InChI=1S/C15H14BrClN2O4/c16-11-6-9(17)5-10(14(21)18-7-8-1-2-8)13(11)19-12(3-4-20)15(22)23/h3-6,8,19H,1-2,7H2,(H,18,21)(H,22,23)/b12-3+. The Bertz CT molecular complexity index is 686. The third-order valence-corrected chi connectivity index (χ3v) is 4.12. The average Bonchev–Trinajstić information content (AvgIpc) is 3.30. The van der Waals surface area contributed by atoms with Gasteiger partial charge in [-0.25, -0.2) is 4.79 Å². The molecule has 122 valence electrons. The number of halogens is 2. The molecule has 0 bridgehead atoms. The highest BCUT2D eigenvalue weighted by Crippen LogP contribution is 2.32. The summed E-state index contributed by atoms with van der Waals surface area (Å²) in [6, 6.07) is 2.97. The summed E-state index contributed by atoms with van der Waals surface area (Å²) in [4.78, 5) is 34.0. The highest BCUT2D eigenvalue weighted by molar-refractivity contribution is 9.10. The summed E-state index contributed by atoms with van der Waals surface area (Å²) in [6.45, 7) is 0.568. The minimum atomic E-state index is -1.32. The summed E-state index contributed by atoms with van der Waals surface area (Å²) in [5.41, 5.74) is 0.0838. The Labute approximate surface area is 146 Å². The monoisotopic (exact) mass is 400 g/mol. The van der Waals surface area contributed by atoms with E-state index >= 15 is 0 Å². The Morgan fingerprint density at radius 1 is 1.39 bits per heavy atom. The average molecular weight is 402 g/mol. The van der Waals surface area contributed by atoms with Gasteiger partial charge in [-0.15, -0.1) is 0 Å². The lowest BCUT2D eigenvalue weighted by molar-refractivity contribution is -0.132. The first kappa shape index (κ1) is 17.5. The van der Waals surface area contributed by atoms with Crippen LogP contribution in [0.5, 0.6) is 0 Å². The number of carboxylic acid groups (broad SMARTS) is 1. The predicted octanol–water partition coefficient (Wildman–Crippen LogP) is 2.82. The topological polar surface area (TPSA) is 95.5 Å². The molecule has 0 spiro atoms. The number of hydrogen-bond acceptors (Lipinski definition) is 4. The smallest absolute Gasteiger partial charge is 0.352 e. The van der Waals surface area contributed by atoms with Crippen LogP contribution < -0.4 is 10.6 Å². The minimum absolute atomic E-state index is 0.197. The molecule has 1 amide bonds. The summed E-state index contributed by atoms with van der Waals surface area (Å²) in [5, 5.41) is 14.8. The number of amides is 1. The normalized spacial score (nSPS) is 14.3. The van der Waals surface area contributed by atoms with E-state index < -0.39 is 5.97 Å². The summed E-state index contributed by atoms with van der Waals surface area (Å²) in [6.07, 6.45) is 3.41. The van der Waals surface area contributed by atoms with Crippen LogP contribution in [0.1, 0.15) is 23.2 Å². The van der Waals surface area contributed by atoms with Crippen molar-refractivity contribution in [2.75, 3.05) is 11.9 Å². The number of carbonyl (C=O) groups excluding carboxylic acids is 2. The SMILES string of the molecule is O=C/C=C(/Nc1c(Br)cc(Cl)cc1C(=O)NCC1CC1)C(=O)O. The van der Waals surface area contributed by atoms with Crippen LogP contribution in [0.25, 0.3) is 0 Å². The lowest BCUT2D eigenvalue weighted by Crippen LogP contribution is -2.27. The van der Waals surface area contributed by atoms with Crippen LogP contribution in [0, 0.1) is 5.92 Å². The molecular weight excluding hydrogens is 388 g/mol. The lowest BCUT2D eigenvalue weighted by Gasteiger charge is -2.15. The fourth-order valence-electron chi connectivity index (χ4n) is 1.90. The maximum Gasteiger partial charge on any atom is 0.352 e. The van der Waals surface area contributed by atoms with Gasteiger partial charge in [0.2, 0.25) is 0 Å². The van der Waals surface area contributed by atoms with Gasteiger partial charge in [0.1, 0.15) is 12.0 Å². The fraction of sp³-hybridized carbons (Fsp3) is 0.267. The van der Waals surface area contributed by atoms with Gasteiger partial charge in [0, 0.05) is 22.1 Å². The second kappa shape index (κ2) is 7.61. The second-order valence-electron chi connectivity index (χ2n) is 5.11. The summed E-state index contributed by atoms with van der Waals surface area (Å²) < 4.78 is 0.416. The molecule has 0 aromatic heterocycles. The molecule has 1 aromatic carbocycles. The van der Waals surface area contributed by atoms with Crippen LogP contribution in [0.3, 0.4) is 0 Å². The highest BCUT2D eigenvalue weighted by Gasteiger charge is 2.24. The first-order valence-corrected chi connectivity index (χ1v) is 8.02. The minimum Gasteiger partial charge on any atom is -0.477 e. The van der Waals surface area contributed by atoms with Gasteiger partial charge in [-0.05, 0) is 46.8 Å². The van der Waals surface area contributed by atoms with Crippen molar-refractivity contribution in [3.63, 3.8) is 0 Å². The first-order chi connectivity index (χ1) is 10.9. The third-order valence-electron chi connectivity index (χ3n) is 3.27.